The van der Waals surface area contributed by atoms with Crippen LogP contribution in [0.25, 0.3) is 0 Å². The van der Waals surface area contributed by atoms with E-state index >= 15 is 0 Å². The Hall–Kier alpha value is -3.66. The zero-order valence-corrected chi connectivity index (χ0v) is 31.5. The van der Waals surface area contributed by atoms with Crippen molar-refractivity contribution in [2.45, 2.75) is 136 Å². The first-order valence-corrected chi connectivity index (χ1v) is 18.9. The van der Waals surface area contributed by atoms with Crippen molar-refractivity contribution in [1.29, 1.82) is 0 Å². The van der Waals surface area contributed by atoms with E-state index in [1.807, 2.05) is 60.3 Å². The largest absolute Gasteiger partial charge is 0.410 e. The fraction of sp³-hybridized carbons (Fsp3) is 0.650. The highest BCUT2D eigenvalue weighted by Crippen LogP contribution is 2.36. The Labute approximate surface area is 301 Å². The average molecular weight is 698 g/mol. The van der Waals surface area contributed by atoms with Crippen molar-refractivity contribution in [3.63, 3.8) is 0 Å². The lowest BCUT2D eigenvalue weighted by Crippen LogP contribution is -2.53. The molecule has 0 saturated carbocycles. The molecule has 1 heterocycles. The number of primary amides is 1. The van der Waals surface area contributed by atoms with Crippen LogP contribution in [0, 0.1) is 5.92 Å². The Morgan fingerprint density at radius 1 is 0.860 bits per heavy atom. The van der Waals surface area contributed by atoms with Gasteiger partial charge in [-0.3, -0.25) is 4.79 Å². The molecule has 0 radical (unpaired) electrons. The molecule has 0 spiro atoms. The fourth-order valence-electron chi connectivity index (χ4n) is 6.49. The van der Waals surface area contributed by atoms with E-state index in [0.717, 1.165) is 24.8 Å². The van der Waals surface area contributed by atoms with Crippen LogP contribution in [-0.4, -0.2) is 62.1 Å². The predicted octanol–water partition coefficient (Wildman–Crippen LogP) is 8.15. The number of carbonyl (C=O) groups excluding carboxylic acids is 3. The second kappa shape index (κ2) is 24.5. The zero-order valence-electron chi connectivity index (χ0n) is 31.5. The van der Waals surface area contributed by atoms with E-state index in [1.54, 1.807) is 32.0 Å². The molecule has 0 aliphatic carbocycles. The number of alkyl carbamates (subject to hydrolysis) is 1. The molecule has 2 aromatic rings. The van der Waals surface area contributed by atoms with Crippen molar-refractivity contribution in [3.05, 3.63) is 66.0 Å². The zero-order chi connectivity index (χ0) is 36.6. The number of aromatic nitrogens is 1. The van der Waals surface area contributed by atoms with E-state index in [4.69, 9.17) is 19.9 Å². The van der Waals surface area contributed by atoms with Gasteiger partial charge < -0.3 is 30.2 Å². The number of rotatable bonds is 26. The maximum atomic E-state index is 13.2. The number of ether oxygens (including phenoxy) is 3. The van der Waals surface area contributed by atoms with E-state index in [0.29, 0.717) is 18.5 Å². The number of hydrogen-bond acceptors (Lipinski definition) is 6. The van der Waals surface area contributed by atoms with E-state index in [2.05, 4.69) is 12.2 Å². The summed E-state index contributed by atoms with van der Waals surface area (Å²) in [4.78, 5) is 39.9. The average Bonchev–Trinajstić information content (AvgIpc) is 3.11. The molecular weight excluding hydrogens is 632 g/mol. The second-order valence-electron chi connectivity index (χ2n) is 13.5. The third-order valence-electron chi connectivity index (χ3n) is 9.53. The van der Waals surface area contributed by atoms with Crippen LogP contribution in [-0.2, 0) is 20.8 Å². The van der Waals surface area contributed by atoms with Crippen LogP contribution in [0.15, 0.2) is 54.9 Å². The van der Waals surface area contributed by atoms with Crippen LogP contribution in [0.5, 0.6) is 0 Å². The highest BCUT2D eigenvalue weighted by atomic mass is 16.7. The molecule has 280 valence electrons. The van der Waals surface area contributed by atoms with Crippen LogP contribution in [0.3, 0.4) is 0 Å². The summed E-state index contributed by atoms with van der Waals surface area (Å²) in [7, 11) is 3.28. The third kappa shape index (κ3) is 15.9. The van der Waals surface area contributed by atoms with E-state index in [-0.39, 0.29) is 31.5 Å². The molecule has 3 unspecified atom stereocenters. The number of pyridine rings is 1. The lowest BCUT2D eigenvalue weighted by molar-refractivity contribution is -0.688. The number of nitrogens with two attached hydrogens (primary N) is 1. The van der Waals surface area contributed by atoms with Gasteiger partial charge in [0.1, 0.15) is 5.56 Å². The van der Waals surface area contributed by atoms with E-state index in [9.17, 15) is 14.4 Å². The topological polar surface area (TPSA) is 124 Å². The van der Waals surface area contributed by atoms with Gasteiger partial charge in [0.05, 0.1) is 12.0 Å². The highest BCUT2D eigenvalue weighted by Gasteiger charge is 2.47. The summed E-state index contributed by atoms with van der Waals surface area (Å²) in [5.41, 5.74) is 7.18. The minimum absolute atomic E-state index is 0.137. The Bertz CT molecular complexity index is 1250. The smallest absolute Gasteiger partial charge is 0.406 e. The van der Waals surface area contributed by atoms with Crippen LogP contribution in [0.2, 0.25) is 0 Å². The molecule has 1 aromatic heterocycles. The van der Waals surface area contributed by atoms with Gasteiger partial charge in [-0.25, -0.2) is 9.59 Å². The van der Waals surface area contributed by atoms with Gasteiger partial charge in [-0.2, -0.15) is 4.57 Å². The number of benzene rings is 1. The maximum absolute atomic E-state index is 13.2. The second-order valence-corrected chi connectivity index (χ2v) is 13.5. The van der Waals surface area contributed by atoms with Gasteiger partial charge in [0.25, 0.3) is 11.7 Å². The van der Waals surface area contributed by atoms with E-state index in [1.165, 1.54) is 64.2 Å². The summed E-state index contributed by atoms with van der Waals surface area (Å²) in [6.07, 6.45) is 18.6. The third-order valence-corrected chi connectivity index (χ3v) is 9.53. The first-order valence-electron chi connectivity index (χ1n) is 18.9. The van der Waals surface area contributed by atoms with Gasteiger partial charge in [0.15, 0.2) is 18.9 Å². The predicted molar refractivity (Wildman–Crippen MR) is 198 cm³/mol. The first-order chi connectivity index (χ1) is 24.2. The number of hydrogen-bond donors (Lipinski definition) is 2. The SMILES string of the molecule is CCCCCCCCCCCCCCCC(C(C)OC)C(CC)(OC(N)=O)OC(=O)NCCN(C)C(=O)c1ccc[n+](Cc2ccccc2)c1. The van der Waals surface area contributed by atoms with Gasteiger partial charge >= 0.3 is 12.2 Å². The van der Waals surface area contributed by atoms with Crippen LogP contribution < -0.4 is 15.6 Å². The normalized spacial score (nSPS) is 13.5. The minimum Gasteiger partial charge on any atom is -0.406 e. The fourth-order valence-corrected chi connectivity index (χ4v) is 6.49. The summed E-state index contributed by atoms with van der Waals surface area (Å²) < 4.78 is 19.1. The minimum atomic E-state index is -1.60. The molecule has 10 nitrogen and oxygen atoms in total. The molecule has 1 aromatic carbocycles. The first kappa shape index (κ1) is 42.5. The Morgan fingerprint density at radius 2 is 1.46 bits per heavy atom. The number of likely N-dealkylation sites (N-methyl/N-ethyl adjacent to an activating group) is 1. The molecule has 3 atom stereocenters. The molecule has 0 saturated heterocycles. The number of nitrogens with zero attached hydrogens (tertiary/aromatic N) is 2. The van der Waals surface area contributed by atoms with Gasteiger partial charge in [-0.15, -0.1) is 0 Å². The van der Waals surface area contributed by atoms with Crippen molar-refractivity contribution in [2.75, 3.05) is 27.2 Å². The summed E-state index contributed by atoms with van der Waals surface area (Å²) in [6, 6.07) is 13.6. The lowest BCUT2D eigenvalue weighted by atomic mass is 9.85. The molecule has 0 fully saturated rings. The van der Waals surface area contributed by atoms with E-state index < -0.39 is 23.9 Å². The number of carbonyl (C=O) groups is 3. The van der Waals surface area contributed by atoms with Crippen molar-refractivity contribution >= 4 is 18.1 Å². The summed E-state index contributed by atoms with van der Waals surface area (Å²) in [5, 5.41) is 2.72. The lowest BCUT2D eigenvalue weighted by Gasteiger charge is -2.40. The molecule has 50 heavy (non-hydrogen) atoms. The quantitative estimate of drug-likeness (QED) is 0.0581. The van der Waals surface area contributed by atoms with Crippen molar-refractivity contribution < 1.29 is 33.2 Å². The number of nitrogens with one attached hydrogen (secondary N) is 1. The summed E-state index contributed by atoms with van der Waals surface area (Å²) in [5.74, 6) is -2.19. The summed E-state index contributed by atoms with van der Waals surface area (Å²) >= 11 is 0. The van der Waals surface area contributed by atoms with Crippen molar-refractivity contribution in [3.8, 4) is 0 Å². The molecule has 3 N–H and O–H groups in total. The molecule has 0 bridgehead atoms. The molecule has 0 aliphatic rings. The van der Waals surface area contributed by atoms with Gasteiger partial charge in [-0.1, -0.05) is 128 Å². The molecule has 10 heteroatoms. The highest BCUT2D eigenvalue weighted by molar-refractivity contribution is 5.93. The molecule has 0 aliphatic heterocycles. The van der Waals surface area contributed by atoms with Crippen LogP contribution in [0.1, 0.15) is 133 Å². The van der Waals surface area contributed by atoms with Gasteiger partial charge in [0.2, 0.25) is 0 Å². The number of methoxy groups -OCH3 is 1. The van der Waals surface area contributed by atoms with Gasteiger partial charge in [0, 0.05) is 45.3 Å². The van der Waals surface area contributed by atoms with Crippen LogP contribution in [0.4, 0.5) is 9.59 Å². The molecule has 2 rings (SSSR count). The molecule has 3 amide bonds. The maximum Gasteiger partial charge on any atom is 0.410 e. The summed E-state index contributed by atoms with van der Waals surface area (Å²) in [6.45, 7) is 6.96. The Balaban J connectivity index is 1.87. The number of amides is 3. The van der Waals surface area contributed by atoms with Crippen LogP contribution >= 0.6 is 0 Å². The van der Waals surface area contributed by atoms with Crippen molar-refractivity contribution in [1.82, 2.24) is 10.2 Å². The Morgan fingerprint density at radius 3 is 2.02 bits per heavy atom. The molecular formula is C40H65N4O6+. The monoisotopic (exact) mass is 697 g/mol. The van der Waals surface area contributed by atoms with Gasteiger partial charge in [-0.05, 0) is 19.4 Å². The number of unbranched alkanes of at least 4 members (excludes halogenated alkanes) is 12. The Kier molecular flexibility index (Phi) is 20.8. The standard InChI is InChI=1S/C40H64N4O6/c1-6-8-9-10-11-12-13-14-15-16-17-18-22-27-36(33(3)48-5)40(7-2,49-38(41)46)50-39(47)42-28-30-43(4)37(45)35-26-23-29-44(32-35)31-34-24-20-19-21-25-34/h19-21,23-26,29,32-33,36H,6-18,22,27-28,30-31H2,1-5H3,(H2-,41,42,46,47)/p+1. The van der Waals surface area contributed by atoms with Crippen molar-refractivity contribution in [2.24, 2.45) is 11.7 Å².